The first-order valence-electron chi connectivity index (χ1n) is 14.9. The van der Waals surface area contributed by atoms with E-state index >= 15 is 0 Å². The van der Waals surface area contributed by atoms with Crippen molar-refractivity contribution < 1.29 is 25.9 Å². The zero-order valence-corrected chi connectivity index (χ0v) is 31.0. The van der Waals surface area contributed by atoms with Crippen LogP contribution in [0.3, 0.4) is 0 Å². The maximum atomic E-state index is 11.4. The Morgan fingerprint density at radius 2 is 1.02 bits per heavy atom. The van der Waals surface area contributed by atoms with Gasteiger partial charge in [0, 0.05) is 11.4 Å². The second-order valence-electron chi connectivity index (χ2n) is 11.1. The predicted octanol–water partition coefficient (Wildman–Crippen LogP) is 9.17. The predicted molar refractivity (Wildman–Crippen MR) is 201 cm³/mol. The molecule has 53 heavy (non-hydrogen) atoms. The van der Waals surface area contributed by atoms with Gasteiger partial charge in [-0.25, -0.2) is 9.97 Å². The van der Waals surface area contributed by atoms with Crippen LogP contribution in [0.4, 0.5) is 44.9 Å². The van der Waals surface area contributed by atoms with Crippen molar-refractivity contribution in [3.63, 3.8) is 0 Å². The second kappa shape index (κ2) is 14.2. The van der Waals surface area contributed by atoms with E-state index < -0.39 is 20.2 Å². The number of hydrogen-bond acceptors (Lipinski definition) is 17. The van der Waals surface area contributed by atoms with Crippen LogP contribution in [-0.4, -0.2) is 50.9 Å². The van der Waals surface area contributed by atoms with E-state index in [0.29, 0.717) is 53.4 Å². The van der Waals surface area contributed by atoms with Gasteiger partial charge < -0.3 is 10.6 Å². The van der Waals surface area contributed by atoms with Gasteiger partial charge in [0.15, 0.2) is 0 Å². The summed E-state index contributed by atoms with van der Waals surface area (Å²) in [5.74, 6) is 0.364. The highest BCUT2D eigenvalue weighted by Gasteiger charge is 2.14. The van der Waals surface area contributed by atoms with Crippen LogP contribution < -0.4 is 10.6 Å². The number of nitrogens with zero attached hydrogens (tertiary/aromatic N) is 9. The summed E-state index contributed by atoms with van der Waals surface area (Å²) in [5, 5.41) is 23.8. The lowest BCUT2D eigenvalue weighted by Gasteiger charge is -2.10. The van der Waals surface area contributed by atoms with Crippen LogP contribution in [0.1, 0.15) is 11.1 Å². The lowest BCUT2D eigenvalue weighted by molar-refractivity contribution is 0.481. The summed E-state index contributed by atoms with van der Waals surface area (Å²) in [6.45, 7) is 3.69. The van der Waals surface area contributed by atoms with E-state index in [2.05, 4.69) is 56.0 Å². The largest absolute Gasteiger partial charge is 0.324 e. The first-order valence-corrected chi connectivity index (χ1v) is 19.8. The minimum atomic E-state index is -4.35. The number of halogens is 1. The Morgan fingerprint density at radius 1 is 0.585 bits per heavy atom. The maximum Gasteiger partial charge on any atom is 0.294 e. The zero-order valence-electron chi connectivity index (χ0n) is 27.0. The summed E-state index contributed by atoms with van der Waals surface area (Å²) in [7, 11) is -8.70. The summed E-state index contributed by atoms with van der Waals surface area (Å²) in [4.78, 5) is 20.9. The van der Waals surface area contributed by atoms with Crippen molar-refractivity contribution in [2.75, 3.05) is 10.6 Å². The van der Waals surface area contributed by atoms with Gasteiger partial charge in [-0.05, 0) is 109 Å². The number of rotatable bonds is 10. The van der Waals surface area contributed by atoms with E-state index in [9.17, 15) is 25.9 Å². The molecule has 7 rings (SSSR count). The minimum Gasteiger partial charge on any atom is -0.324 e. The molecule has 17 nitrogen and oxygen atoms in total. The van der Waals surface area contributed by atoms with Gasteiger partial charge in [-0.1, -0.05) is 22.7 Å². The Bertz CT molecular complexity index is 2670. The van der Waals surface area contributed by atoms with Crippen LogP contribution in [0.25, 0.3) is 20.4 Å². The number of azo groups is 2. The van der Waals surface area contributed by atoms with E-state index in [-0.39, 0.29) is 27.0 Å². The molecule has 0 saturated carbocycles. The molecule has 0 aliphatic heterocycles. The Balaban J connectivity index is 1.01. The number of aromatic nitrogens is 5. The molecule has 3 aromatic heterocycles. The van der Waals surface area contributed by atoms with Crippen LogP contribution in [0, 0.1) is 13.8 Å². The van der Waals surface area contributed by atoms with Crippen molar-refractivity contribution in [1.82, 2.24) is 24.9 Å². The molecule has 22 heteroatoms. The third kappa shape index (κ3) is 8.46. The number of hydrogen-bond donors (Lipinski definition) is 4. The van der Waals surface area contributed by atoms with Crippen LogP contribution in [-0.2, 0) is 20.2 Å². The molecule has 0 aliphatic rings. The third-order valence-electron chi connectivity index (χ3n) is 7.29. The molecule has 4 aromatic carbocycles. The normalized spacial score (nSPS) is 12.4. The monoisotopic (exact) mass is 807 g/mol. The van der Waals surface area contributed by atoms with Gasteiger partial charge in [-0.15, -0.1) is 20.5 Å². The second-order valence-corrected chi connectivity index (χ2v) is 16.3. The lowest BCUT2D eigenvalue weighted by atomic mass is 10.2. The summed E-state index contributed by atoms with van der Waals surface area (Å²) in [6.07, 6.45) is 0. The van der Waals surface area contributed by atoms with E-state index in [1.165, 1.54) is 46.9 Å². The quantitative estimate of drug-likeness (QED) is 0.0744. The fourth-order valence-corrected chi connectivity index (χ4v) is 7.50. The van der Waals surface area contributed by atoms with Crippen molar-refractivity contribution >= 4 is 120 Å². The molecule has 0 aliphatic carbocycles. The summed E-state index contributed by atoms with van der Waals surface area (Å²) >= 11 is 8.67. The molecule has 0 radical (unpaired) electrons. The Hall–Kier alpha value is -5.42. The molecule has 0 spiro atoms. The first kappa shape index (κ1) is 36.0. The molecule has 0 fully saturated rings. The van der Waals surface area contributed by atoms with E-state index in [0.717, 1.165) is 11.1 Å². The van der Waals surface area contributed by atoms with Gasteiger partial charge in [0.2, 0.25) is 27.4 Å². The fourth-order valence-electron chi connectivity index (χ4n) is 4.80. The first-order chi connectivity index (χ1) is 25.2. The van der Waals surface area contributed by atoms with Crippen LogP contribution >= 0.6 is 34.3 Å². The highest BCUT2D eigenvalue weighted by Crippen LogP contribution is 2.34. The van der Waals surface area contributed by atoms with Crippen LogP contribution in [0.15, 0.2) is 103 Å². The number of fused-ring (bicyclic) bond motifs is 2. The number of anilines is 4. The van der Waals surface area contributed by atoms with Gasteiger partial charge in [0.05, 0.1) is 41.6 Å². The fraction of sp³-hybridized carbons (Fsp3) is 0.0645. The average Bonchev–Trinajstić information content (AvgIpc) is 3.69. The van der Waals surface area contributed by atoms with Crippen LogP contribution in [0.5, 0.6) is 0 Å². The molecular weight excluding hydrogens is 786 g/mol. The highest BCUT2D eigenvalue weighted by molar-refractivity contribution is 7.86. The molecule has 7 aromatic rings. The molecule has 4 N–H and O–H groups in total. The van der Waals surface area contributed by atoms with E-state index in [4.69, 9.17) is 11.6 Å². The zero-order chi connectivity index (χ0) is 37.5. The average molecular weight is 808 g/mol. The van der Waals surface area contributed by atoms with E-state index in [1.54, 1.807) is 36.4 Å². The summed E-state index contributed by atoms with van der Waals surface area (Å²) in [5.41, 5.74) is 4.72. The van der Waals surface area contributed by atoms with Gasteiger partial charge in [-0.2, -0.15) is 31.8 Å². The van der Waals surface area contributed by atoms with Gasteiger partial charge in [0.25, 0.3) is 20.2 Å². The molecule has 0 bridgehead atoms. The molecular formula is C31H22ClN11O6S4. The smallest absolute Gasteiger partial charge is 0.294 e. The lowest BCUT2D eigenvalue weighted by Crippen LogP contribution is -2.04. The number of aryl methyl sites for hydroxylation is 2. The minimum absolute atomic E-state index is 0.0478. The highest BCUT2D eigenvalue weighted by atomic mass is 35.5. The number of benzene rings is 4. The van der Waals surface area contributed by atoms with Gasteiger partial charge >= 0.3 is 0 Å². The Morgan fingerprint density at radius 3 is 1.42 bits per heavy atom. The topological polar surface area (TPSA) is 247 Å². The van der Waals surface area contributed by atoms with Crippen molar-refractivity contribution in [2.45, 2.75) is 23.6 Å². The maximum absolute atomic E-state index is 11.4. The summed E-state index contributed by atoms with van der Waals surface area (Å²) in [6, 6.07) is 18.9. The van der Waals surface area contributed by atoms with Crippen molar-refractivity contribution in [3.8, 4) is 0 Å². The molecule has 0 amide bonds. The Labute approximate surface area is 313 Å². The number of nitrogens with one attached hydrogen (secondary N) is 2. The standard InChI is InChI=1S/C31H22ClN11O6S4/c1-15-11-17(3-7-21(15)40-42-30-35-23-13-19(52(44,45)46)5-9-25(23)50-30)33-28-37-27(32)38-29(39-28)34-18-4-8-22(16(2)12-18)41-43-31-36-24-14-20(53(47,48)49)6-10-26(24)51-31/h3-14H,1-2H3,(H,44,45,46)(H,47,48,49)(H2,33,34,37,38,39)/b42-40+,43-41+. The molecule has 0 saturated heterocycles. The molecule has 268 valence electrons. The van der Waals surface area contributed by atoms with E-state index in [1.807, 2.05) is 26.0 Å². The van der Waals surface area contributed by atoms with Crippen LogP contribution in [0.2, 0.25) is 5.28 Å². The van der Waals surface area contributed by atoms with Crippen molar-refractivity contribution in [3.05, 3.63) is 89.2 Å². The van der Waals surface area contributed by atoms with Gasteiger partial charge in [0.1, 0.15) is 0 Å². The third-order valence-corrected chi connectivity index (χ3v) is 11.0. The summed E-state index contributed by atoms with van der Waals surface area (Å²) < 4.78 is 65.7. The Kier molecular flexibility index (Phi) is 9.63. The number of thiazole rings is 2. The molecule has 0 atom stereocenters. The van der Waals surface area contributed by atoms with Gasteiger partial charge in [-0.3, -0.25) is 9.11 Å². The molecule has 3 heterocycles. The van der Waals surface area contributed by atoms with Crippen molar-refractivity contribution in [2.24, 2.45) is 20.5 Å². The molecule has 0 unspecified atom stereocenters. The van der Waals surface area contributed by atoms with Crippen molar-refractivity contribution in [1.29, 1.82) is 0 Å². The SMILES string of the molecule is Cc1cc(Nc2nc(Cl)nc(Nc3ccc(/N=N/c4nc5cc(S(=O)(=O)O)ccc5s4)c(C)c3)n2)ccc1/N=N/c1nc2cc(S(=O)(=O)O)ccc2s1.